The molecule has 1 aromatic carbocycles. The van der Waals surface area contributed by atoms with E-state index in [1.807, 2.05) is 24.3 Å². The highest BCUT2D eigenvalue weighted by molar-refractivity contribution is 5.95. The van der Waals surface area contributed by atoms with Gasteiger partial charge in [-0.05, 0) is 97.1 Å². The second-order valence-electron chi connectivity index (χ2n) is 12.7. The molecule has 0 saturated carbocycles. The van der Waals surface area contributed by atoms with Crippen LogP contribution in [0, 0.1) is 11.6 Å². The first-order valence-electron chi connectivity index (χ1n) is 17.7. The van der Waals surface area contributed by atoms with Gasteiger partial charge in [0.2, 0.25) is 0 Å². The zero-order valence-corrected chi connectivity index (χ0v) is 29.5. The Morgan fingerprint density at radius 1 is 0.268 bits per heavy atom. The Kier molecular flexibility index (Phi) is 9.10. The number of nitrogens with zero attached hydrogens (tertiary/aromatic N) is 8. The van der Waals surface area contributed by atoms with Crippen LogP contribution in [0.3, 0.4) is 0 Å². The lowest BCUT2D eigenvalue weighted by Gasteiger charge is -2.21. The second-order valence-corrected chi connectivity index (χ2v) is 12.7. The monoisotopic (exact) mass is 730 g/mol. The normalized spacial score (nSPS) is 11.0. The van der Waals surface area contributed by atoms with Gasteiger partial charge in [-0.25, -0.2) is 28.7 Å². The fourth-order valence-corrected chi connectivity index (χ4v) is 6.65. The number of hydrogen-bond acceptors (Lipinski definition) is 8. The fraction of sp³-hybridized carbons (Fsp3) is 0. The van der Waals surface area contributed by atoms with Gasteiger partial charge in [-0.15, -0.1) is 0 Å². The summed E-state index contributed by atoms with van der Waals surface area (Å²) in [6, 6.07) is 35.5. The first kappa shape index (κ1) is 34.1. The number of rotatable bonds is 8. The van der Waals surface area contributed by atoms with Crippen LogP contribution in [0.25, 0.3) is 90.1 Å². The largest absolute Gasteiger partial charge is 0.264 e. The van der Waals surface area contributed by atoms with E-state index in [0.717, 1.165) is 0 Å². The fourth-order valence-electron chi connectivity index (χ4n) is 6.65. The van der Waals surface area contributed by atoms with Gasteiger partial charge in [-0.2, -0.15) is 0 Å². The minimum atomic E-state index is -0.745. The quantitative estimate of drug-likeness (QED) is 0.152. The number of hydrogen-bond donors (Lipinski definition) is 0. The molecule has 0 fully saturated rings. The molecular weight excluding hydrogens is 703 g/mol. The van der Waals surface area contributed by atoms with Crippen LogP contribution in [0.2, 0.25) is 0 Å². The smallest absolute Gasteiger partial charge is 0.143 e. The average molecular weight is 731 g/mol. The average Bonchev–Trinajstić information content (AvgIpc) is 3.28. The van der Waals surface area contributed by atoms with Crippen molar-refractivity contribution in [2.45, 2.75) is 0 Å². The van der Waals surface area contributed by atoms with Gasteiger partial charge >= 0.3 is 0 Å². The summed E-state index contributed by atoms with van der Waals surface area (Å²) in [5.41, 5.74) is 5.44. The zero-order valence-electron chi connectivity index (χ0n) is 29.5. The van der Waals surface area contributed by atoms with Crippen molar-refractivity contribution in [3.05, 3.63) is 183 Å². The molecule has 56 heavy (non-hydrogen) atoms. The van der Waals surface area contributed by atoms with Crippen LogP contribution in [0.5, 0.6) is 0 Å². The Bertz CT molecular complexity index is 2440. The maximum Gasteiger partial charge on any atom is 0.143 e. The summed E-state index contributed by atoms with van der Waals surface area (Å²) in [6.07, 6.45) is 13.3. The van der Waals surface area contributed by atoms with E-state index in [-0.39, 0.29) is 45.0 Å². The van der Waals surface area contributed by atoms with Crippen LogP contribution in [-0.2, 0) is 0 Å². The molecule has 10 heteroatoms. The zero-order chi connectivity index (χ0) is 37.8. The Morgan fingerprint density at radius 2 is 0.500 bits per heavy atom. The Labute approximate surface area is 320 Å². The first-order chi connectivity index (χ1) is 27.6. The van der Waals surface area contributed by atoms with E-state index in [1.165, 1.54) is 0 Å². The molecule has 0 saturated heterocycles. The van der Waals surface area contributed by atoms with Crippen molar-refractivity contribution in [1.29, 1.82) is 0 Å². The molecule has 0 amide bonds. The molecule has 8 nitrogen and oxygen atoms in total. The maximum absolute atomic E-state index is 18.3. The summed E-state index contributed by atoms with van der Waals surface area (Å²) in [5.74, 6) is -1.49. The van der Waals surface area contributed by atoms with Crippen LogP contribution >= 0.6 is 0 Å². The molecule has 9 aromatic rings. The Hall–Kier alpha value is -7.72. The molecule has 0 aliphatic heterocycles. The van der Waals surface area contributed by atoms with Crippen molar-refractivity contribution in [2.75, 3.05) is 0 Å². The molecule has 0 bridgehead atoms. The highest BCUT2D eigenvalue weighted by Gasteiger charge is 2.31. The van der Waals surface area contributed by atoms with Crippen LogP contribution < -0.4 is 0 Å². The molecule has 0 N–H and O–H groups in total. The molecule has 0 aliphatic rings. The highest BCUT2D eigenvalue weighted by Crippen LogP contribution is 2.47. The molecule has 8 aromatic heterocycles. The molecule has 0 atom stereocenters. The van der Waals surface area contributed by atoms with Gasteiger partial charge in [0.15, 0.2) is 0 Å². The van der Waals surface area contributed by atoms with Gasteiger partial charge in [0.25, 0.3) is 0 Å². The summed E-state index contributed by atoms with van der Waals surface area (Å²) in [6.45, 7) is 0. The first-order valence-corrected chi connectivity index (χ1v) is 17.7. The van der Waals surface area contributed by atoms with Crippen molar-refractivity contribution in [2.24, 2.45) is 0 Å². The lowest BCUT2D eigenvalue weighted by molar-refractivity contribution is 0.610. The van der Waals surface area contributed by atoms with E-state index in [4.69, 9.17) is 19.9 Å². The third-order valence-corrected chi connectivity index (χ3v) is 9.23. The predicted octanol–water partition coefficient (Wildman–Crippen LogP) is 10.5. The third-order valence-electron chi connectivity index (χ3n) is 9.23. The predicted molar refractivity (Wildman–Crippen MR) is 212 cm³/mol. The van der Waals surface area contributed by atoms with E-state index in [1.54, 1.807) is 147 Å². The van der Waals surface area contributed by atoms with E-state index >= 15 is 8.78 Å². The number of halogens is 2. The van der Waals surface area contributed by atoms with Gasteiger partial charge in [0.1, 0.15) is 11.6 Å². The summed E-state index contributed by atoms with van der Waals surface area (Å²) >= 11 is 0. The topological polar surface area (TPSA) is 103 Å². The van der Waals surface area contributed by atoms with E-state index in [0.29, 0.717) is 45.0 Å². The SMILES string of the molecule is Fc1c(-c2cccc(-c3cccnc3)n2)c(-c2cccc(-c3cccnc3)n2)c(F)c(-c2cccc(-c3cccnc3)n2)c1-c1cccc(-c2cccnc2)n1. The van der Waals surface area contributed by atoms with Gasteiger partial charge in [0.05, 0.1) is 45.6 Å². The highest BCUT2D eigenvalue weighted by atomic mass is 19.1. The summed E-state index contributed by atoms with van der Waals surface area (Å²) in [5, 5.41) is 0. The molecule has 266 valence electrons. The van der Waals surface area contributed by atoms with Gasteiger partial charge < -0.3 is 0 Å². The second kappa shape index (κ2) is 15.0. The summed E-state index contributed by atoms with van der Waals surface area (Å²) < 4.78 is 36.6. The lowest BCUT2D eigenvalue weighted by Crippen LogP contribution is -2.06. The van der Waals surface area contributed by atoms with E-state index < -0.39 is 11.6 Å². The van der Waals surface area contributed by atoms with Gasteiger partial charge in [-0.1, -0.05) is 24.3 Å². The van der Waals surface area contributed by atoms with E-state index in [2.05, 4.69) is 19.9 Å². The molecule has 8 heterocycles. The van der Waals surface area contributed by atoms with E-state index in [9.17, 15) is 0 Å². The minimum Gasteiger partial charge on any atom is -0.264 e. The van der Waals surface area contributed by atoms with Gasteiger partial charge in [-0.3, -0.25) is 19.9 Å². The summed E-state index contributed by atoms with van der Waals surface area (Å²) in [7, 11) is 0. The van der Waals surface area contributed by atoms with Gasteiger partial charge in [0, 0.05) is 94.1 Å². The standard InChI is InChI=1S/C46H28F2N8/c47-45-41(37-17-1-13-33(53-37)29-9-5-21-49-25-29)42(38-18-2-14-34(54-38)30-10-6-22-50-26-30)46(48)44(40-20-4-16-36(56-40)32-12-8-24-52-28-32)43(45)39-19-3-15-35(55-39)31-11-7-23-51-27-31/h1-28H. The van der Waals surface area contributed by atoms with Crippen LogP contribution in [0.15, 0.2) is 171 Å². The molecule has 9 rings (SSSR count). The molecule has 0 radical (unpaired) electrons. The Balaban J connectivity index is 1.38. The Morgan fingerprint density at radius 3 is 0.714 bits per heavy atom. The van der Waals surface area contributed by atoms with Crippen molar-refractivity contribution in [1.82, 2.24) is 39.9 Å². The van der Waals surface area contributed by atoms with Crippen molar-refractivity contribution in [3.63, 3.8) is 0 Å². The third kappa shape index (κ3) is 6.56. The number of pyridine rings is 8. The molecule has 0 spiro atoms. The number of aromatic nitrogens is 8. The van der Waals surface area contributed by atoms with Crippen LogP contribution in [0.4, 0.5) is 8.78 Å². The van der Waals surface area contributed by atoms with Crippen molar-refractivity contribution in [3.8, 4) is 90.1 Å². The van der Waals surface area contributed by atoms with Crippen molar-refractivity contribution < 1.29 is 8.78 Å². The van der Waals surface area contributed by atoms with Crippen LogP contribution in [-0.4, -0.2) is 39.9 Å². The summed E-state index contributed by atoms with van der Waals surface area (Å²) in [4.78, 5) is 36.6. The molecular formula is C46H28F2N8. The molecule has 0 unspecified atom stereocenters. The minimum absolute atomic E-state index is 0.0835. The maximum atomic E-state index is 18.3. The number of benzene rings is 1. The van der Waals surface area contributed by atoms with Crippen LogP contribution in [0.1, 0.15) is 0 Å². The van der Waals surface area contributed by atoms with Crippen molar-refractivity contribution >= 4 is 0 Å². The molecule has 0 aliphatic carbocycles. The lowest BCUT2D eigenvalue weighted by atomic mass is 9.88.